The summed E-state index contributed by atoms with van der Waals surface area (Å²) in [6.07, 6.45) is 3.55. The third kappa shape index (κ3) is 5.08. The predicted octanol–water partition coefficient (Wildman–Crippen LogP) is 3.63. The number of ether oxygens (including phenoxy) is 1. The van der Waals surface area contributed by atoms with E-state index in [1.165, 1.54) is 4.31 Å². The van der Waals surface area contributed by atoms with Crippen molar-refractivity contribution in [1.82, 2.24) is 9.29 Å². The second-order valence-electron chi connectivity index (χ2n) is 7.36. The summed E-state index contributed by atoms with van der Waals surface area (Å²) in [6, 6.07) is 18.1. The van der Waals surface area contributed by atoms with Gasteiger partial charge in [0, 0.05) is 32.3 Å². The Morgan fingerprint density at radius 3 is 2.39 bits per heavy atom. The smallest absolute Gasteiger partial charge is 0.243 e. The van der Waals surface area contributed by atoms with Gasteiger partial charge in [-0.3, -0.25) is 0 Å². The molecule has 33 heavy (non-hydrogen) atoms. The van der Waals surface area contributed by atoms with Crippen LogP contribution in [0.3, 0.4) is 0 Å². The number of aromatic nitrogens is 1. The molecule has 0 spiro atoms. The lowest BCUT2D eigenvalue weighted by Gasteiger charge is -2.33. The molecule has 1 aromatic heterocycles. The van der Waals surface area contributed by atoms with Gasteiger partial charge in [-0.15, -0.1) is 0 Å². The van der Waals surface area contributed by atoms with Crippen LogP contribution in [0, 0.1) is 11.3 Å². The topological polar surface area (TPSA) is 99.7 Å². The number of nitrogens with zero attached hydrogens (tertiary/aromatic N) is 4. The largest absolute Gasteiger partial charge is 0.494 e. The van der Waals surface area contributed by atoms with E-state index in [1.54, 1.807) is 36.4 Å². The summed E-state index contributed by atoms with van der Waals surface area (Å²) < 4.78 is 38.4. The van der Waals surface area contributed by atoms with E-state index < -0.39 is 10.0 Å². The fraction of sp³-hybridized carbons (Fsp3) is 0.250. The zero-order valence-electron chi connectivity index (χ0n) is 18.2. The van der Waals surface area contributed by atoms with Gasteiger partial charge in [-0.1, -0.05) is 30.3 Å². The molecule has 0 atom stereocenters. The van der Waals surface area contributed by atoms with Crippen LogP contribution in [0.4, 0.5) is 5.88 Å². The molecule has 1 aliphatic rings. The van der Waals surface area contributed by atoms with Crippen LogP contribution in [0.25, 0.3) is 12.2 Å². The maximum atomic E-state index is 12.8. The van der Waals surface area contributed by atoms with Crippen LogP contribution >= 0.6 is 0 Å². The van der Waals surface area contributed by atoms with Gasteiger partial charge in [0.05, 0.1) is 11.5 Å². The van der Waals surface area contributed by atoms with Gasteiger partial charge in [-0.2, -0.15) is 14.6 Å². The third-order valence-electron chi connectivity index (χ3n) is 5.25. The first kappa shape index (κ1) is 22.6. The first-order valence-corrected chi connectivity index (χ1v) is 12.1. The quantitative estimate of drug-likeness (QED) is 0.526. The number of oxazole rings is 1. The average Bonchev–Trinajstić information content (AvgIpc) is 3.28. The Morgan fingerprint density at radius 2 is 1.76 bits per heavy atom. The third-order valence-corrected chi connectivity index (χ3v) is 7.16. The van der Waals surface area contributed by atoms with Crippen molar-refractivity contribution in [2.24, 2.45) is 0 Å². The van der Waals surface area contributed by atoms with Gasteiger partial charge in [0.2, 0.25) is 27.5 Å². The van der Waals surface area contributed by atoms with Crippen molar-refractivity contribution in [1.29, 1.82) is 5.26 Å². The van der Waals surface area contributed by atoms with Crippen LogP contribution in [0.15, 0.2) is 63.9 Å². The van der Waals surface area contributed by atoms with E-state index in [0.717, 1.165) is 11.3 Å². The Labute approximate surface area is 193 Å². The summed E-state index contributed by atoms with van der Waals surface area (Å²) in [6.45, 7) is 3.93. The molecule has 1 fully saturated rings. The number of benzene rings is 2. The first-order chi connectivity index (χ1) is 16.0. The van der Waals surface area contributed by atoms with Gasteiger partial charge >= 0.3 is 0 Å². The van der Waals surface area contributed by atoms with Gasteiger partial charge in [0.25, 0.3) is 0 Å². The predicted molar refractivity (Wildman–Crippen MR) is 125 cm³/mol. The van der Waals surface area contributed by atoms with Crippen molar-refractivity contribution in [2.75, 3.05) is 37.7 Å². The maximum Gasteiger partial charge on any atom is 0.243 e. The average molecular weight is 465 g/mol. The number of sulfonamides is 1. The molecule has 0 unspecified atom stereocenters. The highest BCUT2D eigenvalue weighted by molar-refractivity contribution is 7.89. The van der Waals surface area contributed by atoms with E-state index in [-0.39, 0.29) is 10.6 Å². The molecular formula is C24H24N4O4S. The lowest BCUT2D eigenvalue weighted by molar-refractivity contribution is 0.340. The molecular weight excluding hydrogens is 440 g/mol. The van der Waals surface area contributed by atoms with Crippen LogP contribution < -0.4 is 9.64 Å². The van der Waals surface area contributed by atoms with Gasteiger partial charge in [0.1, 0.15) is 11.8 Å². The van der Waals surface area contributed by atoms with E-state index >= 15 is 0 Å². The fourth-order valence-corrected chi connectivity index (χ4v) is 5.01. The summed E-state index contributed by atoms with van der Waals surface area (Å²) >= 11 is 0. The maximum absolute atomic E-state index is 12.8. The molecule has 1 aliphatic heterocycles. The molecule has 0 aliphatic carbocycles. The van der Waals surface area contributed by atoms with Crippen molar-refractivity contribution in [2.45, 2.75) is 11.8 Å². The van der Waals surface area contributed by atoms with E-state index in [9.17, 15) is 13.7 Å². The number of piperazine rings is 1. The molecule has 0 N–H and O–H groups in total. The van der Waals surface area contributed by atoms with Crippen LogP contribution in [0.5, 0.6) is 5.75 Å². The molecule has 3 aromatic rings. The normalized spacial score (nSPS) is 15.0. The minimum absolute atomic E-state index is 0.181. The Morgan fingerprint density at radius 1 is 1.06 bits per heavy atom. The number of nitriles is 1. The number of rotatable bonds is 7. The minimum atomic E-state index is -3.55. The molecule has 0 radical (unpaired) electrons. The highest BCUT2D eigenvalue weighted by Gasteiger charge is 2.30. The van der Waals surface area contributed by atoms with Crippen LogP contribution in [0.1, 0.15) is 24.1 Å². The molecule has 9 heteroatoms. The van der Waals surface area contributed by atoms with Crippen molar-refractivity contribution >= 4 is 28.1 Å². The SMILES string of the molecule is CCOc1ccc(C=Cc2nc(C#N)c(N3CCN(S(=O)(=O)c4ccccc4)CC3)o2)cc1. The molecule has 2 aromatic carbocycles. The molecule has 0 bridgehead atoms. The number of hydrogen-bond acceptors (Lipinski definition) is 7. The van der Waals surface area contributed by atoms with Crippen molar-refractivity contribution < 1.29 is 17.6 Å². The van der Waals surface area contributed by atoms with Crippen molar-refractivity contribution in [3.63, 3.8) is 0 Å². The second kappa shape index (κ2) is 9.90. The summed E-state index contributed by atoms with van der Waals surface area (Å²) in [5.41, 5.74) is 1.12. The molecule has 170 valence electrons. The Hall–Kier alpha value is -3.61. The summed E-state index contributed by atoms with van der Waals surface area (Å²) in [4.78, 5) is 6.40. The molecule has 0 saturated carbocycles. The van der Waals surface area contributed by atoms with Gasteiger partial charge in [-0.25, -0.2) is 8.42 Å². The zero-order chi connectivity index (χ0) is 23.3. The van der Waals surface area contributed by atoms with E-state index in [4.69, 9.17) is 9.15 Å². The van der Waals surface area contributed by atoms with Crippen LogP contribution in [-0.4, -0.2) is 50.5 Å². The molecule has 0 amide bonds. The Balaban J connectivity index is 1.44. The number of hydrogen-bond donors (Lipinski definition) is 0. The van der Waals surface area contributed by atoms with Crippen LogP contribution in [0.2, 0.25) is 0 Å². The lowest BCUT2D eigenvalue weighted by Crippen LogP contribution is -2.48. The van der Waals surface area contributed by atoms with Gasteiger partial charge < -0.3 is 14.1 Å². The van der Waals surface area contributed by atoms with E-state index in [2.05, 4.69) is 11.1 Å². The first-order valence-electron chi connectivity index (χ1n) is 10.6. The monoisotopic (exact) mass is 464 g/mol. The Bertz CT molecular complexity index is 1250. The van der Waals surface area contributed by atoms with Crippen molar-refractivity contribution in [3.05, 3.63) is 71.7 Å². The van der Waals surface area contributed by atoms with Gasteiger partial charge in [-0.05, 0) is 42.8 Å². The number of anilines is 1. The van der Waals surface area contributed by atoms with E-state index in [0.29, 0.717) is 44.6 Å². The standard InChI is InChI=1S/C24H24N4O4S/c1-2-31-20-11-8-19(9-12-20)10-13-23-26-22(18-25)24(32-23)27-14-16-28(17-15-27)33(29,30)21-6-4-3-5-7-21/h3-13H,2,14-17H2,1H3. The minimum Gasteiger partial charge on any atom is -0.494 e. The molecule has 1 saturated heterocycles. The van der Waals surface area contributed by atoms with Gasteiger partial charge in [0.15, 0.2) is 0 Å². The lowest BCUT2D eigenvalue weighted by atomic mass is 10.2. The molecule has 4 rings (SSSR count). The van der Waals surface area contributed by atoms with Crippen molar-refractivity contribution in [3.8, 4) is 11.8 Å². The summed E-state index contributed by atoms with van der Waals surface area (Å²) in [5.74, 6) is 1.48. The zero-order valence-corrected chi connectivity index (χ0v) is 19.0. The van der Waals surface area contributed by atoms with Crippen LogP contribution in [-0.2, 0) is 10.0 Å². The summed E-state index contributed by atoms with van der Waals surface area (Å²) in [7, 11) is -3.55. The molecule has 2 heterocycles. The highest BCUT2D eigenvalue weighted by Crippen LogP contribution is 2.26. The van der Waals surface area contributed by atoms with E-state index in [1.807, 2.05) is 42.2 Å². The molecule has 8 nitrogen and oxygen atoms in total. The second-order valence-corrected chi connectivity index (χ2v) is 9.30. The Kier molecular flexibility index (Phi) is 6.77. The summed E-state index contributed by atoms with van der Waals surface area (Å²) in [5, 5.41) is 9.52. The highest BCUT2D eigenvalue weighted by atomic mass is 32.2. The fourth-order valence-electron chi connectivity index (χ4n) is 3.57.